The number of alkyl halides is 3. The normalized spacial score (nSPS) is 15.8. The van der Waals surface area contributed by atoms with Crippen molar-refractivity contribution in [2.45, 2.75) is 37.9 Å². The molecule has 3 aromatic rings. The standard InChI is InChI=1S/C21H20FN3O.C2HF3O2/c22-16-10-8-15(9-11-16)19-17-3-1-2-12-25(17)20(23-19)21(26)24-18(13-4-5-13)14-6-7-14;3-2(4,5)1(6)7/h1-3,8-14,18H,4-7H2,(H,24,26);(H,6,7). The molecule has 33 heavy (non-hydrogen) atoms. The van der Waals surface area contributed by atoms with Crippen LogP contribution in [-0.2, 0) is 4.79 Å². The van der Waals surface area contributed by atoms with E-state index in [9.17, 15) is 22.4 Å². The van der Waals surface area contributed by atoms with Crippen LogP contribution in [0.25, 0.3) is 16.8 Å². The first-order valence-corrected chi connectivity index (χ1v) is 10.5. The first kappa shape index (κ1) is 22.8. The quantitative estimate of drug-likeness (QED) is 0.538. The zero-order valence-corrected chi connectivity index (χ0v) is 17.3. The van der Waals surface area contributed by atoms with Gasteiger partial charge in [0, 0.05) is 17.8 Å². The van der Waals surface area contributed by atoms with Gasteiger partial charge >= 0.3 is 12.1 Å². The third kappa shape index (κ3) is 5.32. The van der Waals surface area contributed by atoms with Gasteiger partial charge in [0.15, 0.2) is 0 Å². The summed E-state index contributed by atoms with van der Waals surface area (Å²) < 4.78 is 46.8. The highest BCUT2D eigenvalue weighted by Crippen LogP contribution is 2.44. The minimum Gasteiger partial charge on any atom is -0.475 e. The highest BCUT2D eigenvalue weighted by Gasteiger charge is 2.42. The van der Waals surface area contributed by atoms with E-state index < -0.39 is 12.1 Å². The molecule has 10 heteroatoms. The number of carbonyl (C=O) groups excluding carboxylic acids is 1. The molecule has 0 atom stereocenters. The number of halogens is 4. The molecule has 2 aromatic heterocycles. The molecule has 1 amide bonds. The maximum Gasteiger partial charge on any atom is 0.490 e. The summed E-state index contributed by atoms with van der Waals surface area (Å²) in [5.74, 6) is -1.50. The highest BCUT2D eigenvalue weighted by atomic mass is 19.4. The fourth-order valence-electron chi connectivity index (χ4n) is 3.77. The molecule has 1 aromatic carbocycles. The zero-order chi connectivity index (χ0) is 23.8. The van der Waals surface area contributed by atoms with Crippen LogP contribution < -0.4 is 5.32 Å². The van der Waals surface area contributed by atoms with Crippen molar-refractivity contribution in [3.05, 3.63) is 60.3 Å². The zero-order valence-electron chi connectivity index (χ0n) is 17.3. The summed E-state index contributed by atoms with van der Waals surface area (Å²) in [6.07, 6.45) is 1.62. The van der Waals surface area contributed by atoms with Gasteiger partial charge in [0.2, 0.25) is 5.82 Å². The summed E-state index contributed by atoms with van der Waals surface area (Å²) in [5, 5.41) is 10.4. The predicted octanol–water partition coefficient (Wildman–Crippen LogP) is 4.69. The Hall–Kier alpha value is -3.43. The summed E-state index contributed by atoms with van der Waals surface area (Å²) in [6, 6.07) is 12.3. The predicted molar refractivity (Wildman–Crippen MR) is 111 cm³/mol. The van der Waals surface area contributed by atoms with Crippen LogP contribution in [0.4, 0.5) is 17.6 Å². The Morgan fingerprint density at radius 2 is 1.61 bits per heavy atom. The molecule has 0 aliphatic heterocycles. The molecule has 0 radical (unpaired) electrons. The number of amides is 1. The lowest BCUT2D eigenvalue weighted by Crippen LogP contribution is -2.38. The number of fused-ring (bicyclic) bond motifs is 1. The fraction of sp³-hybridized carbons (Fsp3) is 0.348. The number of benzene rings is 1. The van der Waals surface area contributed by atoms with Crippen molar-refractivity contribution < 1.29 is 32.3 Å². The van der Waals surface area contributed by atoms with Crippen molar-refractivity contribution in [3.63, 3.8) is 0 Å². The number of hydrogen-bond acceptors (Lipinski definition) is 3. The van der Waals surface area contributed by atoms with Gasteiger partial charge in [-0.2, -0.15) is 13.2 Å². The molecule has 5 rings (SSSR count). The number of aromatic nitrogens is 2. The van der Waals surface area contributed by atoms with E-state index in [0.29, 0.717) is 23.4 Å². The topological polar surface area (TPSA) is 83.7 Å². The number of nitrogens with zero attached hydrogens (tertiary/aromatic N) is 2. The van der Waals surface area contributed by atoms with Crippen LogP contribution in [0.3, 0.4) is 0 Å². The Morgan fingerprint density at radius 1 is 1.03 bits per heavy atom. The number of carbonyl (C=O) groups is 2. The Balaban J connectivity index is 0.000000325. The monoisotopic (exact) mass is 463 g/mol. The third-order valence-electron chi connectivity index (χ3n) is 5.67. The van der Waals surface area contributed by atoms with Crippen molar-refractivity contribution in [2.24, 2.45) is 11.8 Å². The summed E-state index contributed by atoms with van der Waals surface area (Å²) in [5.41, 5.74) is 2.35. The van der Waals surface area contributed by atoms with Crippen molar-refractivity contribution in [1.29, 1.82) is 0 Å². The molecule has 0 spiro atoms. The van der Waals surface area contributed by atoms with E-state index in [2.05, 4.69) is 10.3 Å². The van der Waals surface area contributed by atoms with Crippen LogP contribution in [0.15, 0.2) is 48.7 Å². The molecule has 174 valence electrons. The number of pyridine rings is 1. The summed E-state index contributed by atoms with van der Waals surface area (Å²) in [7, 11) is 0. The molecule has 2 fully saturated rings. The highest BCUT2D eigenvalue weighted by molar-refractivity contribution is 5.94. The molecule has 0 bridgehead atoms. The van der Waals surface area contributed by atoms with Crippen molar-refractivity contribution in [3.8, 4) is 11.3 Å². The fourth-order valence-corrected chi connectivity index (χ4v) is 3.77. The first-order valence-electron chi connectivity index (χ1n) is 10.5. The number of carboxylic acid groups (broad SMARTS) is 1. The second-order valence-corrected chi connectivity index (χ2v) is 8.22. The van der Waals surface area contributed by atoms with Gasteiger partial charge in [-0.25, -0.2) is 14.2 Å². The van der Waals surface area contributed by atoms with Crippen molar-refractivity contribution in [2.75, 3.05) is 0 Å². The third-order valence-corrected chi connectivity index (χ3v) is 5.67. The van der Waals surface area contributed by atoms with Gasteiger partial charge in [-0.3, -0.25) is 9.20 Å². The van der Waals surface area contributed by atoms with Crippen molar-refractivity contribution in [1.82, 2.24) is 14.7 Å². The molecule has 2 N–H and O–H groups in total. The van der Waals surface area contributed by atoms with E-state index in [1.165, 1.54) is 37.8 Å². The van der Waals surface area contributed by atoms with Crippen LogP contribution in [0.2, 0.25) is 0 Å². The van der Waals surface area contributed by atoms with Gasteiger partial charge in [-0.1, -0.05) is 6.07 Å². The van der Waals surface area contributed by atoms with E-state index in [0.717, 1.165) is 11.1 Å². The van der Waals surface area contributed by atoms with Gasteiger partial charge in [0.05, 0.1) is 11.2 Å². The Bertz CT molecular complexity index is 1150. The van der Waals surface area contributed by atoms with Crippen LogP contribution in [0.1, 0.15) is 36.3 Å². The average molecular weight is 463 g/mol. The van der Waals surface area contributed by atoms with E-state index in [1.807, 2.05) is 28.8 Å². The molecular weight excluding hydrogens is 442 g/mol. The molecule has 0 saturated heterocycles. The minimum absolute atomic E-state index is 0.122. The lowest BCUT2D eigenvalue weighted by molar-refractivity contribution is -0.192. The lowest BCUT2D eigenvalue weighted by atomic mass is 10.1. The lowest BCUT2D eigenvalue weighted by Gasteiger charge is -2.17. The SMILES string of the molecule is O=C(NC(C1CC1)C1CC1)c1nc(-c2ccc(F)cc2)c2ccccn12.O=C(O)C(F)(F)F. The Labute approximate surface area is 186 Å². The van der Waals surface area contributed by atoms with Gasteiger partial charge < -0.3 is 10.4 Å². The summed E-state index contributed by atoms with van der Waals surface area (Å²) in [6.45, 7) is 0. The minimum atomic E-state index is -5.08. The van der Waals surface area contributed by atoms with Gasteiger partial charge in [-0.15, -0.1) is 0 Å². The number of hydrogen-bond donors (Lipinski definition) is 2. The molecule has 2 aliphatic rings. The van der Waals surface area contributed by atoms with E-state index >= 15 is 0 Å². The number of carboxylic acids is 1. The largest absolute Gasteiger partial charge is 0.490 e. The number of imidazole rings is 1. The summed E-state index contributed by atoms with van der Waals surface area (Å²) in [4.78, 5) is 26.5. The van der Waals surface area contributed by atoms with E-state index in [-0.39, 0.29) is 17.8 Å². The maximum absolute atomic E-state index is 13.3. The van der Waals surface area contributed by atoms with Crippen LogP contribution in [0.5, 0.6) is 0 Å². The Kier molecular flexibility index (Phi) is 6.09. The number of aliphatic carboxylic acids is 1. The van der Waals surface area contributed by atoms with E-state index in [1.54, 1.807) is 12.1 Å². The molecule has 2 aliphatic carbocycles. The average Bonchev–Trinajstić information content (AvgIpc) is 3.69. The van der Waals surface area contributed by atoms with Crippen LogP contribution >= 0.6 is 0 Å². The number of nitrogens with one attached hydrogen (secondary N) is 1. The Morgan fingerprint density at radius 3 is 2.12 bits per heavy atom. The molecule has 2 saturated carbocycles. The molecule has 6 nitrogen and oxygen atoms in total. The van der Waals surface area contributed by atoms with Gasteiger partial charge in [-0.05, 0) is 73.9 Å². The second kappa shape index (κ2) is 8.84. The maximum atomic E-state index is 13.3. The first-order chi connectivity index (χ1) is 15.6. The molecular formula is C23H21F4N3O3. The number of rotatable bonds is 5. The molecule has 2 heterocycles. The van der Waals surface area contributed by atoms with Crippen LogP contribution in [-0.4, -0.2) is 38.6 Å². The van der Waals surface area contributed by atoms with Gasteiger partial charge in [0.25, 0.3) is 5.91 Å². The van der Waals surface area contributed by atoms with Crippen molar-refractivity contribution >= 4 is 17.4 Å². The molecule has 0 unspecified atom stereocenters. The van der Waals surface area contributed by atoms with Gasteiger partial charge in [0.1, 0.15) is 5.82 Å². The van der Waals surface area contributed by atoms with E-state index in [4.69, 9.17) is 9.90 Å². The second-order valence-electron chi connectivity index (χ2n) is 8.22. The smallest absolute Gasteiger partial charge is 0.475 e. The van der Waals surface area contributed by atoms with Crippen LogP contribution in [0, 0.1) is 17.7 Å². The summed E-state index contributed by atoms with van der Waals surface area (Å²) >= 11 is 0.